The summed E-state index contributed by atoms with van der Waals surface area (Å²) < 4.78 is 6.52. The van der Waals surface area contributed by atoms with Crippen molar-refractivity contribution in [3.05, 3.63) is 57.0 Å². The van der Waals surface area contributed by atoms with E-state index in [2.05, 4.69) is 20.8 Å². The van der Waals surface area contributed by atoms with Crippen LogP contribution >= 0.6 is 23.2 Å². The molecule has 24 heavy (non-hydrogen) atoms. The molecule has 0 aliphatic rings. The standard InChI is InChI=1S/C15H13Cl2N5O2/c1-8-5-13(20-24-8)18-15(23)14-9(2)22(21-19-14)7-10-3-4-11(16)12(17)6-10/h3-6H,7H2,1-2H3,(H,18,20,23). The summed E-state index contributed by atoms with van der Waals surface area (Å²) in [5.41, 5.74) is 1.74. The second-order valence-electron chi connectivity index (χ2n) is 5.21. The molecule has 1 aromatic carbocycles. The number of hydrogen-bond acceptors (Lipinski definition) is 5. The first-order chi connectivity index (χ1) is 11.4. The molecule has 124 valence electrons. The van der Waals surface area contributed by atoms with Crippen LogP contribution in [-0.2, 0) is 6.54 Å². The fourth-order valence-corrected chi connectivity index (χ4v) is 2.45. The molecule has 0 saturated carbocycles. The first-order valence-electron chi connectivity index (χ1n) is 7.02. The van der Waals surface area contributed by atoms with Crippen molar-refractivity contribution < 1.29 is 9.32 Å². The predicted molar refractivity (Wildman–Crippen MR) is 89.5 cm³/mol. The zero-order valence-electron chi connectivity index (χ0n) is 12.9. The lowest BCUT2D eigenvalue weighted by atomic mass is 10.2. The normalized spacial score (nSPS) is 10.8. The third kappa shape index (κ3) is 3.42. The Kier molecular flexibility index (Phi) is 4.55. The smallest absolute Gasteiger partial charge is 0.279 e. The summed E-state index contributed by atoms with van der Waals surface area (Å²) in [5, 5.41) is 15.2. The van der Waals surface area contributed by atoms with Crippen molar-refractivity contribution >= 4 is 34.9 Å². The molecule has 1 N–H and O–H groups in total. The van der Waals surface area contributed by atoms with Gasteiger partial charge in [-0.15, -0.1) is 5.10 Å². The van der Waals surface area contributed by atoms with Crippen LogP contribution < -0.4 is 5.32 Å². The first kappa shape index (κ1) is 16.5. The van der Waals surface area contributed by atoms with Gasteiger partial charge in [0.1, 0.15) is 5.76 Å². The third-order valence-electron chi connectivity index (χ3n) is 3.38. The topological polar surface area (TPSA) is 85.8 Å². The average Bonchev–Trinajstić information content (AvgIpc) is 3.10. The van der Waals surface area contributed by atoms with E-state index in [1.165, 1.54) is 0 Å². The minimum atomic E-state index is -0.402. The van der Waals surface area contributed by atoms with Crippen molar-refractivity contribution in [2.45, 2.75) is 20.4 Å². The Morgan fingerprint density at radius 2 is 2.04 bits per heavy atom. The second kappa shape index (κ2) is 6.62. The number of nitrogens with one attached hydrogen (secondary N) is 1. The van der Waals surface area contributed by atoms with Crippen LogP contribution in [-0.4, -0.2) is 26.1 Å². The number of aromatic nitrogens is 4. The number of carbonyl (C=O) groups is 1. The lowest BCUT2D eigenvalue weighted by Gasteiger charge is -2.05. The Morgan fingerprint density at radius 3 is 2.71 bits per heavy atom. The van der Waals surface area contributed by atoms with Crippen LogP contribution in [0.15, 0.2) is 28.8 Å². The van der Waals surface area contributed by atoms with Gasteiger partial charge in [0, 0.05) is 6.07 Å². The van der Waals surface area contributed by atoms with E-state index in [-0.39, 0.29) is 5.69 Å². The van der Waals surface area contributed by atoms with Gasteiger partial charge < -0.3 is 9.84 Å². The van der Waals surface area contributed by atoms with E-state index in [9.17, 15) is 4.79 Å². The predicted octanol–water partition coefficient (Wildman–Crippen LogP) is 3.49. The summed E-state index contributed by atoms with van der Waals surface area (Å²) >= 11 is 11.9. The van der Waals surface area contributed by atoms with Crippen LogP contribution in [0.25, 0.3) is 0 Å². The molecule has 0 bridgehead atoms. The number of aryl methyl sites for hydroxylation is 1. The number of carbonyl (C=O) groups excluding carboxylic acids is 1. The highest BCUT2D eigenvalue weighted by Gasteiger charge is 2.18. The maximum absolute atomic E-state index is 12.3. The summed E-state index contributed by atoms with van der Waals surface area (Å²) in [6, 6.07) is 6.93. The van der Waals surface area contributed by atoms with Gasteiger partial charge in [-0.3, -0.25) is 4.79 Å². The van der Waals surface area contributed by atoms with Crippen molar-refractivity contribution in [3.63, 3.8) is 0 Å². The van der Waals surface area contributed by atoms with Crippen LogP contribution in [0, 0.1) is 13.8 Å². The van der Waals surface area contributed by atoms with Crippen molar-refractivity contribution in [1.82, 2.24) is 20.2 Å². The lowest BCUT2D eigenvalue weighted by molar-refractivity contribution is 0.102. The van der Waals surface area contributed by atoms with Gasteiger partial charge >= 0.3 is 0 Å². The van der Waals surface area contributed by atoms with Gasteiger partial charge in [0.05, 0.1) is 22.3 Å². The number of hydrogen-bond donors (Lipinski definition) is 1. The van der Waals surface area contributed by atoms with E-state index in [0.717, 1.165) is 5.56 Å². The highest BCUT2D eigenvalue weighted by molar-refractivity contribution is 6.42. The molecule has 3 rings (SSSR count). The molecule has 0 aliphatic carbocycles. The Morgan fingerprint density at radius 1 is 1.25 bits per heavy atom. The molecule has 0 atom stereocenters. The molecular weight excluding hydrogens is 353 g/mol. The summed E-state index contributed by atoms with van der Waals surface area (Å²) in [6.07, 6.45) is 0. The maximum Gasteiger partial charge on any atom is 0.279 e. The highest BCUT2D eigenvalue weighted by atomic mass is 35.5. The molecule has 0 fully saturated rings. The minimum Gasteiger partial charge on any atom is -0.360 e. The van der Waals surface area contributed by atoms with Crippen molar-refractivity contribution in [3.8, 4) is 0 Å². The van der Waals surface area contributed by atoms with E-state index in [0.29, 0.717) is 33.9 Å². The maximum atomic E-state index is 12.3. The molecule has 1 amide bonds. The Bertz CT molecular complexity index is 903. The van der Waals surface area contributed by atoms with E-state index in [4.69, 9.17) is 27.7 Å². The molecule has 0 saturated heterocycles. The second-order valence-corrected chi connectivity index (χ2v) is 6.02. The van der Waals surface area contributed by atoms with Gasteiger partial charge in [-0.2, -0.15) is 0 Å². The number of rotatable bonds is 4. The molecular formula is C15H13Cl2N5O2. The van der Waals surface area contributed by atoms with Gasteiger partial charge in [0.25, 0.3) is 5.91 Å². The number of nitrogens with zero attached hydrogens (tertiary/aromatic N) is 4. The summed E-state index contributed by atoms with van der Waals surface area (Å²) in [7, 11) is 0. The van der Waals surface area contributed by atoms with Crippen LogP contribution in [0.3, 0.4) is 0 Å². The summed E-state index contributed by atoms with van der Waals surface area (Å²) in [6.45, 7) is 3.92. The first-order valence-corrected chi connectivity index (χ1v) is 7.78. The zero-order chi connectivity index (χ0) is 17.3. The van der Waals surface area contributed by atoms with E-state index >= 15 is 0 Å². The molecule has 2 heterocycles. The molecule has 0 spiro atoms. The molecule has 2 aromatic heterocycles. The van der Waals surface area contributed by atoms with Gasteiger partial charge in [0.2, 0.25) is 0 Å². The quantitative estimate of drug-likeness (QED) is 0.764. The summed E-state index contributed by atoms with van der Waals surface area (Å²) in [4.78, 5) is 12.3. The van der Waals surface area contributed by atoms with E-state index < -0.39 is 5.91 Å². The van der Waals surface area contributed by atoms with E-state index in [1.54, 1.807) is 36.7 Å². The number of amides is 1. The van der Waals surface area contributed by atoms with Gasteiger partial charge in [-0.25, -0.2) is 4.68 Å². The highest BCUT2D eigenvalue weighted by Crippen LogP contribution is 2.23. The molecule has 0 unspecified atom stereocenters. The SMILES string of the molecule is Cc1cc(NC(=O)c2nnn(Cc3ccc(Cl)c(Cl)c3)c2C)no1. The average molecular weight is 366 g/mol. The lowest BCUT2D eigenvalue weighted by Crippen LogP contribution is -2.14. The Hall–Kier alpha value is -2.38. The van der Waals surface area contributed by atoms with Crippen LogP contribution in [0.4, 0.5) is 5.82 Å². The third-order valence-corrected chi connectivity index (χ3v) is 4.12. The van der Waals surface area contributed by atoms with Gasteiger partial charge in [-0.05, 0) is 31.5 Å². The van der Waals surface area contributed by atoms with E-state index in [1.807, 2.05) is 6.07 Å². The largest absolute Gasteiger partial charge is 0.360 e. The van der Waals surface area contributed by atoms with Gasteiger partial charge in [-0.1, -0.05) is 39.6 Å². The van der Waals surface area contributed by atoms with Crippen LogP contribution in [0.1, 0.15) is 27.5 Å². The fourth-order valence-electron chi connectivity index (χ4n) is 2.13. The van der Waals surface area contributed by atoms with Gasteiger partial charge in [0.15, 0.2) is 11.5 Å². The van der Waals surface area contributed by atoms with Crippen molar-refractivity contribution in [1.29, 1.82) is 0 Å². The van der Waals surface area contributed by atoms with Crippen LogP contribution in [0.2, 0.25) is 10.0 Å². The molecule has 7 nitrogen and oxygen atoms in total. The van der Waals surface area contributed by atoms with Crippen molar-refractivity contribution in [2.75, 3.05) is 5.32 Å². The number of halogens is 2. The minimum absolute atomic E-state index is 0.218. The monoisotopic (exact) mass is 365 g/mol. The molecule has 3 aromatic rings. The Labute approximate surface area is 147 Å². The number of anilines is 1. The molecule has 0 radical (unpaired) electrons. The fraction of sp³-hybridized carbons (Fsp3) is 0.200. The summed E-state index contributed by atoms with van der Waals surface area (Å²) in [5.74, 6) is 0.530. The van der Waals surface area contributed by atoms with Crippen LogP contribution in [0.5, 0.6) is 0 Å². The molecule has 0 aliphatic heterocycles. The van der Waals surface area contributed by atoms with Crippen molar-refractivity contribution in [2.24, 2.45) is 0 Å². The Balaban J connectivity index is 1.77. The molecule has 9 heteroatoms. The number of benzene rings is 1. The zero-order valence-corrected chi connectivity index (χ0v) is 14.4.